The van der Waals surface area contributed by atoms with E-state index in [4.69, 9.17) is 9.84 Å². The molecule has 0 fully saturated rings. The normalized spacial score (nSPS) is 13.9. The van der Waals surface area contributed by atoms with E-state index in [1.807, 2.05) is 13.8 Å². The molecule has 1 aromatic rings. The molecular formula is C14H20FNO3. The first-order valence-electron chi connectivity index (χ1n) is 6.41. The van der Waals surface area contributed by atoms with E-state index in [0.29, 0.717) is 17.7 Å². The summed E-state index contributed by atoms with van der Waals surface area (Å²) in [6, 6.07) is 4.01. The van der Waals surface area contributed by atoms with Gasteiger partial charge in [0.05, 0.1) is 0 Å². The number of ether oxygens (including phenoxy) is 1. The maximum atomic E-state index is 13.3. The van der Waals surface area contributed by atoms with Crippen molar-refractivity contribution in [3.63, 3.8) is 0 Å². The quantitative estimate of drug-likeness (QED) is 0.799. The van der Waals surface area contributed by atoms with Gasteiger partial charge in [0.15, 0.2) is 6.10 Å². The van der Waals surface area contributed by atoms with Gasteiger partial charge >= 0.3 is 5.97 Å². The van der Waals surface area contributed by atoms with Crippen LogP contribution in [-0.2, 0) is 4.79 Å². The van der Waals surface area contributed by atoms with Crippen molar-refractivity contribution in [2.75, 3.05) is 6.54 Å². The number of hydrogen-bond acceptors (Lipinski definition) is 3. The average molecular weight is 269 g/mol. The molecular weight excluding hydrogens is 249 g/mol. The van der Waals surface area contributed by atoms with Crippen molar-refractivity contribution < 1.29 is 19.0 Å². The minimum Gasteiger partial charge on any atom is -0.479 e. The molecule has 0 radical (unpaired) electrons. The third-order valence-corrected chi connectivity index (χ3v) is 2.86. The number of carboxylic acid groups (broad SMARTS) is 1. The van der Waals surface area contributed by atoms with Gasteiger partial charge in [-0.15, -0.1) is 0 Å². The van der Waals surface area contributed by atoms with Crippen LogP contribution in [0.3, 0.4) is 0 Å². The zero-order valence-corrected chi connectivity index (χ0v) is 11.4. The molecule has 0 saturated carbocycles. The smallest absolute Gasteiger partial charge is 0.344 e. The molecule has 1 aromatic carbocycles. The van der Waals surface area contributed by atoms with Gasteiger partial charge in [0.1, 0.15) is 11.6 Å². The van der Waals surface area contributed by atoms with Crippen LogP contribution in [0.5, 0.6) is 5.75 Å². The summed E-state index contributed by atoms with van der Waals surface area (Å²) in [5.74, 6) is -0.978. The summed E-state index contributed by atoms with van der Waals surface area (Å²) in [6.07, 6.45) is -0.570. The summed E-state index contributed by atoms with van der Waals surface area (Å²) in [5.41, 5.74) is 0.626. The van der Waals surface area contributed by atoms with Crippen molar-refractivity contribution in [2.24, 2.45) is 0 Å². The lowest BCUT2D eigenvalue weighted by Gasteiger charge is -2.20. The fourth-order valence-electron chi connectivity index (χ4n) is 1.84. The minimum absolute atomic E-state index is 0.109. The second kappa shape index (κ2) is 7.09. The zero-order valence-electron chi connectivity index (χ0n) is 11.4. The Hall–Kier alpha value is -1.62. The van der Waals surface area contributed by atoms with Gasteiger partial charge in [-0.2, -0.15) is 0 Å². The van der Waals surface area contributed by atoms with Crippen molar-refractivity contribution in [1.82, 2.24) is 5.32 Å². The maximum Gasteiger partial charge on any atom is 0.344 e. The van der Waals surface area contributed by atoms with Crippen LogP contribution in [-0.4, -0.2) is 23.7 Å². The predicted molar refractivity (Wildman–Crippen MR) is 70.8 cm³/mol. The first-order valence-corrected chi connectivity index (χ1v) is 6.41. The summed E-state index contributed by atoms with van der Waals surface area (Å²) in [4.78, 5) is 11.0. The van der Waals surface area contributed by atoms with Crippen LogP contribution in [0.4, 0.5) is 4.39 Å². The highest BCUT2D eigenvalue weighted by Crippen LogP contribution is 2.27. The molecule has 0 aliphatic heterocycles. The number of nitrogens with one attached hydrogen (secondary N) is 1. The van der Waals surface area contributed by atoms with Crippen molar-refractivity contribution in [3.8, 4) is 5.75 Å². The maximum absolute atomic E-state index is 13.3. The van der Waals surface area contributed by atoms with Crippen LogP contribution < -0.4 is 10.1 Å². The molecule has 0 amide bonds. The Morgan fingerprint density at radius 2 is 2.16 bits per heavy atom. The van der Waals surface area contributed by atoms with Gasteiger partial charge in [-0.1, -0.05) is 13.8 Å². The molecule has 0 aromatic heterocycles. The van der Waals surface area contributed by atoms with Crippen LogP contribution in [0.2, 0.25) is 0 Å². The van der Waals surface area contributed by atoms with Gasteiger partial charge in [-0.05, 0) is 38.1 Å². The number of carboxylic acids is 1. The molecule has 106 valence electrons. The Labute approximate surface area is 112 Å². The van der Waals surface area contributed by atoms with E-state index < -0.39 is 12.1 Å². The molecule has 0 spiro atoms. The molecule has 0 heterocycles. The van der Waals surface area contributed by atoms with Crippen LogP contribution in [0, 0.1) is 5.82 Å². The lowest BCUT2D eigenvalue weighted by molar-refractivity contribution is -0.145. The van der Waals surface area contributed by atoms with E-state index in [0.717, 1.165) is 6.54 Å². The van der Waals surface area contributed by atoms with E-state index in [-0.39, 0.29) is 11.9 Å². The van der Waals surface area contributed by atoms with Gasteiger partial charge in [0, 0.05) is 11.6 Å². The fraction of sp³-hybridized carbons (Fsp3) is 0.500. The molecule has 0 aliphatic carbocycles. The molecule has 0 aliphatic rings. The van der Waals surface area contributed by atoms with Gasteiger partial charge in [0.25, 0.3) is 0 Å². The summed E-state index contributed by atoms with van der Waals surface area (Å²) < 4.78 is 18.8. The van der Waals surface area contributed by atoms with Crippen LogP contribution >= 0.6 is 0 Å². The molecule has 5 heteroatoms. The summed E-state index contributed by atoms with van der Waals surface area (Å²) in [5, 5.41) is 12.2. The second-order valence-corrected chi connectivity index (χ2v) is 4.31. The molecule has 0 bridgehead atoms. The molecule has 2 unspecified atom stereocenters. The number of rotatable bonds is 7. The first kappa shape index (κ1) is 15.4. The number of carbonyl (C=O) groups is 1. The number of benzene rings is 1. The van der Waals surface area contributed by atoms with Crippen molar-refractivity contribution in [3.05, 3.63) is 29.6 Å². The monoisotopic (exact) mass is 269 g/mol. The van der Waals surface area contributed by atoms with Gasteiger partial charge in [-0.25, -0.2) is 9.18 Å². The third-order valence-electron chi connectivity index (χ3n) is 2.86. The van der Waals surface area contributed by atoms with Crippen LogP contribution in [0.15, 0.2) is 18.2 Å². The lowest BCUT2D eigenvalue weighted by Crippen LogP contribution is -2.27. The highest BCUT2D eigenvalue weighted by Gasteiger charge is 2.20. The summed E-state index contributed by atoms with van der Waals surface area (Å²) in [6.45, 7) is 6.29. The Balaban J connectivity index is 3.02. The van der Waals surface area contributed by atoms with E-state index in [9.17, 15) is 9.18 Å². The van der Waals surface area contributed by atoms with Crippen molar-refractivity contribution in [2.45, 2.75) is 39.3 Å². The third kappa shape index (κ3) is 4.21. The van der Waals surface area contributed by atoms with E-state index >= 15 is 0 Å². The number of hydrogen-bond donors (Lipinski definition) is 2. The largest absolute Gasteiger partial charge is 0.479 e. The highest BCUT2D eigenvalue weighted by molar-refractivity contribution is 5.72. The fourth-order valence-corrected chi connectivity index (χ4v) is 1.84. The molecule has 1 rings (SSSR count). The molecule has 4 nitrogen and oxygen atoms in total. The Morgan fingerprint density at radius 3 is 2.68 bits per heavy atom. The SMILES string of the molecule is CCNC(C)c1cc(F)ccc1OC(CC)C(=O)O. The topological polar surface area (TPSA) is 58.6 Å². The van der Waals surface area contributed by atoms with Gasteiger partial charge in [0.2, 0.25) is 0 Å². The molecule has 2 atom stereocenters. The van der Waals surface area contributed by atoms with E-state index in [1.54, 1.807) is 6.92 Å². The summed E-state index contributed by atoms with van der Waals surface area (Å²) in [7, 11) is 0. The van der Waals surface area contributed by atoms with Gasteiger partial charge in [-0.3, -0.25) is 0 Å². The van der Waals surface area contributed by atoms with Crippen LogP contribution in [0.25, 0.3) is 0 Å². The minimum atomic E-state index is -1.02. The van der Waals surface area contributed by atoms with Crippen molar-refractivity contribution in [1.29, 1.82) is 0 Å². The lowest BCUT2D eigenvalue weighted by atomic mass is 10.1. The first-order chi connectivity index (χ1) is 8.99. The molecule has 2 N–H and O–H groups in total. The van der Waals surface area contributed by atoms with E-state index in [2.05, 4.69) is 5.32 Å². The van der Waals surface area contributed by atoms with Gasteiger partial charge < -0.3 is 15.2 Å². The zero-order chi connectivity index (χ0) is 14.4. The Bertz CT molecular complexity index is 437. The summed E-state index contributed by atoms with van der Waals surface area (Å²) >= 11 is 0. The number of halogens is 1. The van der Waals surface area contributed by atoms with Crippen LogP contribution in [0.1, 0.15) is 38.8 Å². The van der Waals surface area contributed by atoms with E-state index in [1.165, 1.54) is 18.2 Å². The Kier molecular flexibility index (Phi) is 5.76. The molecule has 19 heavy (non-hydrogen) atoms. The number of aliphatic carboxylic acids is 1. The second-order valence-electron chi connectivity index (χ2n) is 4.31. The van der Waals surface area contributed by atoms with Crippen molar-refractivity contribution >= 4 is 5.97 Å². The highest BCUT2D eigenvalue weighted by atomic mass is 19.1. The Morgan fingerprint density at radius 1 is 1.47 bits per heavy atom. The predicted octanol–water partition coefficient (Wildman–Crippen LogP) is 2.74. The average Bonchev–Trinajstić information content (AvgIpc) is 2.37. The standard InChI is InChI=1S/C14H20FNO3/c1-4-12(14(17)18)19-13-7-6-10(15)8-11(13)9(3)16-5-2/h6-9,12,16H,4-5H2,1-3H3,(H,17,18). The molecule has 0 saturated heterocycles.